The average molecular weight is 336 g/mol. The highest BCUT2D eigenvalue weighted by Crippen LogP contribution is 2.27. The molecule has 0 aromatic heterocycles. The van der Waals surface area contributed by atoms with E-state index in [2.05, 4.69) is 0 Å². The summed E-state index contributed by atoms with van der Waals surface area (Å²) in [5.74, 6) is -0.476. The topological polar surface area (TPSA) is 52.6 Å². The van der Waals surface area contributed by atoms with Crippen LogP contribution in [0.2, 0.25) is 0 Å². The Kier molecular flexibility index (Phi) is 4.55. The minimum atomic E-state index is -0.558. The van der Waals surface area contributed by atoms with E-state index < -0.39 is 11.6 Å². The second kappa shape index (κ2) is 6.65. The fourth-order valence-electron chi connectivity index (χ4n) is 2.60. The molecule has 1 aliphatic carbocycles. The summed E-state index contributed by atoms with van der Waals surface area (Å²) in [7, 11) is 0. The van der Waals surface area contributed by atoms with E-state index in [4.69, 9.17) is 9.78 Å². The molecule has 2 aromatic rings. The van der Waals surface area contributed by atoms with Crippen LogP contribution in [0, 0.1) is 0 Å². The maximum Gasteiger partial charge on any atom is 0.373 e. The number of rotatable bonds is 3. The SMILES string of the molecule is CC(C)(C)OOC(=O)c1ccc(C=C2Cc3ccccc3C2=O)cc1. The Morgan fingerprint density at radius 2 is 1.72 bits per heavy atom. The van der Waals surface area contributed by atoms with E-state index in [0.29, 0.717) is 12.0 Å². The van der Waals surface area contributed by atoms with Gasteiger partial charge in [0.15, 0.2) is 5.78 Å². The monoisotopic (exact) mass is 336 g/mol. The number of ketones is 1. The zero-order valence-corrected chi connectivity index (χ0v) is 14.5. The second-order valence-electron chi connectivity index (χ2n) is 7.02. The first-order valence-electron chi connectivity index (χ1n) is 8.17. The number of allylic oxidation sites excluding steroid dienone is 1. The lowest BCUT2D eigenvalue weighted by Crippen LogP contribution is -2.21. The van der Waals surface area contributed by atoms with Gasteiger partial charge in [0.2, 0.25) is 0 Å². The van der Waals surface area contributed by atoms with Crippen LogP contribution in [0.15, 0.2) is 54.1 Å². The third-order valence-corrected chi connectivity index (χ3v) is 3.79. The lowest BCUT2D eigenvalue weighted by Gasteiger charge is -2.16. The van der Waals surface area contributed by atoms with Crippen LogP contribution in [-0.4, -0.2) is 17.4 Å². The van der Waals surface area contributed by atoms with Crippen LogP contribution >= 0.6 is 0 Å². The van der Waals surface area contributed by atoms with Gasteiger partial charge in [-0.25, -0.2) is 4.79 Å². The second-order valence-corrected chi connectivity index (χ2v) is 7.02. The van der Waals surface area contributed by atoms with Crippen molar-refractivity contribution >= 4 is 17.8 Å². The molecule has 0 saturated carbocycles. The predicted octanol–water partition coefficient (Wildman–Crippen LogP) is 4.40. The van der Waals surface area contributed by atoms with Crippen molar-refractivity contribution in [2.75, 3.05) is 0 Å². The molecule has 0 aliphatic heterocycles. The quantitative estimate of drug-likeness (QED) is 0.474. The molecule has 0 heterocycles. The molecule has 0 N–H and O–H groups in total. The van der Waals surface area contributed by atoms with Crippen LogP contribution in [0.4, 0.5) is 0 Å². The number of Topliss-reactive ketones (excluding diaryl/α,β-unsaturated/α-hetero) is 1. The first kappa shape index (κ1) is 17.1. The van der Waals surface area contributed by atoms with Crippen LogP contribution < -0.4 is 0 Å². The van der Waals surface area contributed by atoms with Gasteiger partial charge in [-0.3, -0.25) is 9.68 Å². The van der Waals surface area contributed by atoms with Gasteiger partial charge in [-0.05, 0) is 50.1 Å². The summed E-state index contributed by atoms with van der Waals surface area (Å²) >= 11 is 0. The normalized spacial score (nSPS) is 15.3. The van der Waals surface area contributed by atoms with E-state index in [9.17, 15) is 9.59 Å². The van der Waals surface area contributed by atoms with E-state index in [1.807, 2.05) is 30.3 Å². The highest BCUT2D eigenvalue weighted by atomic mass is 17.2. The minimum absolute atomic E-state index is 0.0673. The van der Waals surface area contributed by atoms with Gasteiger partial charge in [0.25, 0.3) is 0 Å². The lowest BCUT2D eigenvalue weighted by atomic mass is 10.1. The molecule has 4 nitrogen and oxygen atoms in total. The van der Waals surface area contributed by atoms with Gasteiger partial charge < -0.3 is 0 Å². The largest absolute Gasteiger partial charge is 0.373 e. The van der Waals surface area contributed by atoms with Gasteiger partial charge in [-0.2, -0.15) is 4.89 Å². The molecule has 0 bridgehead atoms. The van der Waals surface area contributed by atoms with E-state index >= 15 is 0 Å². The standard InChI is InChI=1S/C21H20O4/c1-21(2,3)25-24-20(23)15-10-8-14(9-11-15)12-17-13-16-6-4-5-7-18(16)19(17)22/h4-12H,13H2,1-3H3. The third kappa shape index (κ3) is 4.03. The Balaban J connectivity index is 1.72. The summed E-state index contributed by atoms with van der Waals surface area (Å²) in [6, 6.07) is 14.5. The average Bonchev–Trinajstić information content (AvgIpc) is 2.89. The predicted molar refractivity (Wildman–Crippen MR) is 95.1 cm³/mol. The first-order valence-corrected chi connectivity index (χ1v) is 8.17. The van der Waals surface area contributed by atoms with Crippen molar-refractivity contribution in [1.29, 1.82) is 0 Å². The highest BCUT2D eigenvalue weighted by molar-refractivity contribution is 6.15. The number of hydrogen-bond donors (Lipinski definition) is 0. The molecule has 0 radical (unpaired) electrons. The molecule has 3 rings (SSSR count). The highest BCUT2D eigenvalue weighted by Gasteiger charge is 2.24. The summed E-state index contributed by atoms with van der Waals surface area (Å²) in [5.41, 5.74) is 3.29. The number of carbonyl (C=O) groups is 2. The Bertz CT molecular complexity index is 839. The smallest absolute Gasteiger partial charge is 0.292 e. The molecule has 0 atom stereocenters. The van der Waals surface area contributed by atoms with Crippen molar-refractivity contribution in [3.05, 3.63) is 76.4 Å². The summed E-state index contributed by atoms with van der Waals surface area (Å²) in [5, 5.41) is 0. The lowest BCUT2D eigenvalue weighted by molar-refractivity contribution is -0.301. The molecular formula is C21H20O4. The van der Waals surface area contributed by atoms with Crippen LogP contribution in [0.3, 0.4) is 0 Å². The zero-order valence-electron chi connectivity index (χ0n) is 14.5. The number of fused-ring (bicyclic) bond motifs is 1. The molecule has 0 saturated heterocycles. The van der Waals surface area contributed by atoms with E-state index in [1.54, 1.807) is 45.0 Å². The number of carbonyl (C=O) groups excluding carboxylic acids is 2. The Morgan fingerprint density at radius 1 is 1.04 bits per heavy atom. The summed E-state index contributed by atoms with van der Waals surface area (Å²) in [6.45, 7) is 5.39. The molecule has 1 aliphatic rings. The molecule has 0 amide bonds. The van der Waals surface area contributed by atoms with E-state index in [1.165, 1.54) is 0 Å². The molecule has 128 valence electrons. The minimum Gasteiger partial charge on any atom is -0.292 e. The number of hydrogen-bond acceptors (Lipinski definition) is 4. The fourth-order valence-corrected chi connectivity index (χ4v) is 2.60. The summed E-state index contributed by atoms with van der Waals surface area (Å²) in [4.78, 5) is 34.2. The van der Waals surface area contributed by atoms with E-state index in [-0.39, 0.29) is 5.78 Å². The molecule has 0 spiro atoms. The van der Waals surface area contributed by atoms with Gasteiger partial charge in [0, 0.05) is 17.6 Å². The maximum absolute atomic E-state index is 12.4. The molecule has 2 aromatic carbocycles. The summed E-state index contributed by atoms with van der Waals surface area (Å²) < 4.78 is 0. The van der Waals surface area contributed by atoms with Crippen molar-refractivity contribution in [3.63, 3.8) is 0 Å². The van der Waals surface area contributed by atoms with Gasteiger partial charge in [-0.15, -0.1) is 0 Å². The van der Waals surface area contributed by atoms with Crippen molar-refractivity contribution in [3.8, 4) is 0 Å². The molecule has 25 heavy (non-hydrogen) atoms. The van der Waals surface area contributed by atoms with Crippen LogP contribution in [0.5, 0.6) is 0 Å². The molecule has 4 heteroatoms. The first-order chi connectivity index (χ1) is 11.8. The number of benzene rings is 2. The Labute approximate surface area is 147 Å². The fraction of sp³-hybridized carbons (Fsp3) is 0.238. The third-order valence-electron chi connectivity index (χ3n) is 3.79. The van der Waals surface area contributed by atoms with Crippen molar-refractivity contribution in [1.82, 2.24) is 0 Å². The van der Waals surface area contributed by atoms with E-state index in [0.717, 1.165) is 22.3 Å². The zero-order chi connectivity index (χ0) is 18.0. The molecule has 0 unspecified atom stereocenters. The molecule has 0 fully saturated rings. The van der Waals surface area contributed by atoms with Crippen LogP contribution in [0.25, 0.3) is 6.08 Å². The van der Waals surface area contributed by atoms with Crippen LogP contribution in [-0.2, 0) is 16.2 Å². The Hall–Kier alpha value is -2.72. The van der Waals surface area contributed by atoms with Crippen molar-refractivity contribution in [2.45, 2.75) is 32.8 Å². The van der Waals surface area contributed by atoms with Gasteiger partial charge in [0.1, 0.15) is 5.60 Å². The van der Waals surface area contributed by atoms with Gasteiger partial charge >= 0.3 is 5.97 Å². The van der Waals surface area contributed by atoms with Crippen molar-refractivity contribution in [2.24, 2.45) is 0 Å². The summed E-state index contributed by atoms with van der Waals surface area (Å²) in [6.07, 6.45) is 2.50. The Morgan fingerprint density at radius 3 is 2.36 bits per heavy atom. The van der Waals surface area contributed by atoms with Gasteiger partial charge in [0.05, 0.1) is 5.56 Å². The van der Waals surface area contributed by atoms with Crippen molar-refractivity contribution < 1.29 is 19.4 Å². The molecular weight excluding hydrogens is 316 g/mol. The van der Waals surface area contributed by atoms with Gasteiger partial charge in [-0.1, -0.05) is 36.4 Å². The maximum atomic E-state index is 12.4. The van der Waals surface area contributed by atoms with Crippen LogP contribution in [0.1, 0.15) is 52.6 Å².